The van der Waals surface area contributed by atoms with Gasteiger partial charge < -0.3 is 14.5 Å². The van der Waals surface area contributed by atoms with Gasteiger partial charge in [0, 0.05) is 50.0 Å². The van der Waals surface area contributed by atoms with Crippen LogP contribution in [0.3, 0.4) is 0 Å². The number of piperazine rings is 1. The topological polar surface area (TPSA) is 106 Å². The standard InChI is InChI=1S/C27H29N7O3/c1-18-21-10-11-22(35)34(20-8-6-19(7-9-20)24(36)37-27(2,3)4)23(21)31-26(30-18)33-16-14-32(15-17-33)25-28-12-5-13-29-25/h5-13H,14-17H2,1-4H3. The number of anilines is 2. The summed E-state index contributed by atoms with van der Waals surface area (Å²) in [5.74, 6) is 0.870. The molecule has 0 saturated carbocycles. The van der Waals surface area contributed by atoms with Crippen LogP contribution in [0, 0.1) is 6.92 Å². The highest BCUT2D eigenvalue weighted by atomic mass is 16.6. The number of esters is 1. The average Bonchev–Trinajstić information content (AvgIpc) is 2.88. The largest absolute Gasteiger partial charge is 0.456 e. The van der Waals surface area contributed by atoms with Crippen LogP contribution in [0.5, 0.6) is 0 Å². The fraction of sp³-hybridized carbons (Fsp3) is 0.333. The number of nitrogens with zero attached hydrogens (tertiary/aromatic N) is 7. The van der Waals surface area contributed by atoms with Crippen molar-refractivity contribution >= 4 is 28.9 Å². The molecule has 0 N–H and O–H groups in total. The molecule has 1 aromatic carbocycles. The Morgan fingerprint density at radius 1 is 0.865 bits per heavy atom. The monoisotopic (exact) mass is 499 g/mol. The maximum Gasteiger partial charge on any atom is 0.338 e. The Labute approximate surface area is 214 Å². The van der Waals surface area contributed by atoms with Gasteiger partial charge in [0.15, 0.2) is 5.65 Å². The lowest BCUT2D eigenvalue weighted by Crippen LogP contribution is -2.47. The maximum atomic E-state index is 13.0. The van der Waals surface area contributed by atoms with Gasteiger partial charge in [0.05, 0.1) is 16.9 Å². The first-order valence-electron chi connectivity index (χ1n) is 12.2. The molecule has 4 heterocycles. The Hall–Kier alpha value is -4.34. The molecule has 1 aliphatic heterocycles. The van der Waals surface area contributed by atoms with E-state index >= 15 is 0 Å². The van der Waals surface area contributed by atoms with Crippen LogP contribution in [0.2, 0.25) is 0 Å². The molecule has 0 atom stereocenters. The van der Waals surface area contributed by atoms with Crippen molar-refractivity contribution in [2.75, 3.05) is 36.0 Å². The molecular weight excluding hydrogens is 470 g/mol. The molecule has 1 aliphatic rings. The molecule has 3 aromatic heterocycles. The number of hydrogen-bond donors (Lipinski definition) is 0. The molecular formula is C27H29N7O3. The third kappa shape index (κ3) is 5.13. The van der Waals surface area contributed by atoms with E-state index in [9.17, 15) is 9.59 Å². The van der Waals surface area contributed by atoms with Crippen molar-refractivity contribution in [3.63, 3.8) is 0 Å². The van der Waals surface area contributed by atoms with Crippen molar-refractivity contribution in [3.8, 4) is 5.69 Å². The van der Waals surface area contributed by atoms with Gasteiger partial charge in [-0.05, 0) is 64.1 Å². The molecule has 4 aromatic rings. The highest BCUT2D eigenvalue weighted by Crippen LogP contribution is 2.23. The van der Waals surface area contributed by atoms with Crippen LogP contribution in [-0.2, 0) is 4.74 Å². The maximum absolute atomic E-state index is 13.0. The van der Waals surface area contributed by atoms with E-state index in [-0.39, 0.29) is 5.56 Å². The van der Waals surface area contributed by atoms with Gasteiger partial charge in [-0.25, -0.2) is 19.7 Å². The smallest absolute Gasteiger partial charge is 0.338 e. The number of pyridine rings is 1. The van der Waals surface area contributed by atoms with Crippen LogP contribution >= 0.6 is 0 Å². The Morgan fingerprint density at radius 3 is 2.11 bits per heavy atom. The minimum absolute atomic E-state index is 0.215. The lowest BCUT2D eigenvalue weighted by atomic mass is 10.1. The number of fused-ring (bicyclic) bond motifs is 1. The van der Waals surface area contributed by atoms with Gasteiger partial charge in [-0.3, -0.25) is 9.36 Å². The summed E-state index contributed by atoms with van der Waals surface area (Å²) in [4.78, 5) is 48.0. The number of rotatable bonds is 4. The average molecular weight is 500 g/mol. The molecule has 1 fully saturated rings. The first kappa shape index (κ1) is 24.4. The van der Waals surface area contributed by atoms with Crippen LogP contribution < -0.4 is 15.4 Å². The zero-order valence-electron chi connectivity index (χ0n) is 21.4. The van der Waals surface area contributed by atoms with Gasteiger partial charge in [-0.2, -0.15) is 4.98 Å². The molecule has 0 bridgehead atoms. The third-order valence-electron chi connectivity index (χ3n) is 6.09. The molecule has 0 amide bonds. The van der Waals surface area contributed by atoms with Crippen molar-refractivity contribution in [1.29, 1.82) is 0 Å². The van der Waals surface area contributed by atoms with Crippen molar-refractivity contribution in [2.24, 2.45) is 0 Å². The summed E-state index contributed by atoms with van der Waals surface area (Å²) in [7, 11) is 0. The Kier molecular flexibility index (Phi) is 6.32. The first-order valence-corrected chi connectivity index (χ1v) is 12.2. The number of ether oxygens (including phenoxy) is 1. The van der Waals surface area contributed by atoms with Gasteiger partial charge in [0.1, 0.15) is 5.60 Å². The van der Waals surface area contributed by atoms with Gasteiger partial charge in [-0.15, -0.1) is 0 Å². The van der Waals surface area contributed by atoms with Gasteiger partial charge in [-0.1, -0.05) is 0 Å². The number of benzene rings is 1. The number of aromatic nitrogens is 5. The second kappa shape index (κ2) is 9.61. The highest BCUT2D eigenvalue weighted by molar-refractivity contribution is 5.90. The number of hydrogen-bond acceptors (Lipinski definition) is 9. The van der Waals surface area contributed by atoms with E-state index in [1.807, 2.05) is 27.7 Å². The van der Waals surface area contributed by atoms with Gasteiger partial charge in [0.2, 0.25) is 11.9 Å². The second-order valence-electron chi connectivity index (χ2n) is 9.92. The van der Waals surface area contributed by atoms with E-state index in [4.69, 9.17) is 14.7 Å². The van der Waals surface area contributed by atoms with Crippen LogP contribution in [0.25, 0.3) is 16.7 Å². The summed E-state index contributed by atoms with van der Waals surface area (Å²) < 4.78 is 7.01. The van der Waals surface area contributed by atoms with E-state index < -0.39 is 11.6 Å². The zero-order chi connectivity index (χ0) is 26.2. The Balaban J connectivity index is 1.46. The van der Waals surface area contributed by atoms with Crippen molar-refractivity contribution < 1.29 is 9.53 Å². The molecule has 1 saturated heterocycles. The molecule has 37 heavy (non-hydrogen) atoms. The van der Waals surface area contributed by atoms with Crippen LogP contribution in [-0.4, -0.2) is 62.3 Å². The summed E-state index contributed by atoms with van der Waals surface area (Å²) in [6.45, 7) is 10.3. The fourth-order valence-electron chi connectivity index (χ4n) is 4.29. The predicted molar refractivity (Wildman–Crippen MR) is 141 cm³/mol. The summed E-state index contributed by atoms with van der Waals surface area (Å²) in [5, 5.41) is 0.788. The van der Waals surface area contributed by atoms with Crippen LogP contribution in [0.1, 0.15) is 36.8 Å². The molecule has 10 heteroatoms. The molecule has 0 unspecified atom stereocenters. The predicted octanol–water partition coefficient (Wildman–Crippen LogP) is 3.16. The minimum Gasteiger partial charge on any atom is -0.456 e. The van der Waals surface area contributed by atoms with Gasteiger partial charge in [0.25, 0.3) is 5.56 Å². The molecule has 10 nitrogen and oxygen atoms in total. The Bertz CT molecular complexity index is 1490. The van der Waals surface area contributed by atoms with Gasteiger partial charge >= 0.3 is 5.97 Å². The quantitative estimate of drug-likeness (QED) is 0.391. The number of carbonyl (C=O) groups is 1. The van der Waals surface area contributed by atoms with Crippen LogP contribution in [0.4, 0.5) is 11.9 Å². The highest BCUT2D eigenvalue weighted by Gasteiger charge is 2.23. The van der Waals surface area contributed by atoms with Crippen molar-refractivity contribution in [3.05, 3.63) is 76.5 Å². The molecule has 0 radical (unpaired) electrons. The lowest BCUT2D eigenvalue weighted by molar-refractivity contribution is 0.00695. The molecule has 0 aliphatic carbocycles. The summed E-state index contributed by atoms with van der Waals surface area (Å²) in [5.41, 5.74) is 1.53. The minimum atomic E-state index is -0.590. The van der Waals surface area contributed by atoms with Crippen molar-refractivity contribution in [1.82, 2.24) is 24.5 Å². The number of aryl methyl sites for hydroxylation is 1. The summed E-state index contributed by atoms with van der Waals surface area (Å²) in [6.07, 6.45) is 3.48. The lowest BCUT2D eigenvalue weighted by Gasteiger charge is -2.34. The first-order chi connectivity index (χ1) is 17.7. The Morgan fingerprint density at radius 2 is 1.49 bits per heavy atom. The summed E-state index contributed by atoms with van der Waals surface area (Å²) >= 11 is 0. The van der Waals surface area contributed by atoms with Crippen molar-refractivity contribution in [2.45, 2.75) is 33.3 Å². The molecule has 190 valence electrons. The van der Waals surface area contributed by atoms with E-state index in [2.05, 4.69) is 19.8 Å². The van der Waals surface area contributed by atoms with E-state index in [0.717, 1.165) is 24.2 Å². The fourth-order valence-corrected chi connectivity index (χ4v) is 4.29. The van der Waals surface area contributed by atoms with E-state index in [1.54, 1.807) is 53.4 Å². The number of carbonyl (C=O) groups excluding carboxylic acids is 1. The van der Waals surface area contributed by atoms with E-state index in [0.29, 0.717) is 41.9 Å². The molecule has 0 spiro atoms. The van der Waals surface area contributed by atoms with Crippen LogP contribution in [0.15, 0.2) is 59.7 Å². The normalized spacial score (nSPS) is 14.2. The zero-order valence-corrected chi connectivity index (χ0v) is 21.4. The molecule has 5 rings (SSSR count). The van der Waals surface area contributed by atoms with E-state index in [1.165, 1.54) is 6.07 Å². The SMILES string of the molecule is Cc1nc(N2CCN(c3ncccn3)CC2)nc2c1ccc(=O)n2-c1ccc(C(=O)OC(C)(C)C)cc1. The third-order valence-corrected chi connectivity index (χ3v) is 6.09. The second-order valence-corrected chi connectivity index (χ2v) is 9.92. The summed E-state index contributed by atoms with van der Waals surface area (Å²) in [6, 6.07) is 11.9.